The van der Waals surface area contributed by atoms with E-state index in [0.29, 0.717) is 0 Å². The van der Waals surface area contributed by atoms with Gasteiger partial charge in [0.1, 0.15) is 36.4 Å². The van der Waals surface area contributed by atoms with Gasteiger partial charge in [0, 0.05) is 72.9 Å². The maximum absolute atomic E-state index is 13.4. The Balaban J connectivity index is 0.000000188. The summed E-state index contributed by atoms with van der Waals surface area (Å²) in [5.41, 5.74) is 4.85. The van der Waals surface area contributed by atoms with E-state index in [1.165, 1.54) is 108 Å². The maximum Gasteiger partial charge on any atom is 0.407 e. The van der Waals surface area contributed by atoms with Crippen LogP contribution in [0.15, 0.2) is 133 Å². The van der Waals surface area contributed by atoms with Crippen molar-refractivity contribution in [1.29, 1.82) is 0 Å². The van der Waals surface area contributed by atoms with E-state index in [1.54, 1.807) is 54.6 Å². The Kier molecular flexibility index (Phi) is 30.1. The lowest BCUT2D eigenvalue weighted by molar-refractivity contribution is -0.384. The van der Waals surface area contributed by atoms with Gasteiger partial charge in [0.25, 0.3) is 70.9 Å². The highest BCUT2D eigenvalue weighted by Crippen LogP contribution is 2.42. The molecule has 15 N–H and O–H groups in total. The minimum Gasteiger partial charge on any atom is -1.00 e. The van der Waals surface area contributed by atoms with Crippen LogP contribution in [0.1, 0.15) is 187 Å². The van der Waals surface area contributed by atoms with E-state index in [1.807, 2.05) is 12.1 Å². The highest BCUT2D eigenvalue weighted by Gasteiger charge is 2.61. The molecule has 0 bridgehead atoms. The molecular weight excluding hydrogens is 1700 g/mol. The number of fused-ring (bicyclic) bond motifs is 4. The first-order valence-electron chi connectivity index (χ1n) is 38.8. The summed E-state index contributed by atoms with van der Waals surface area (Å²) in [6.07, 6.45) is -2.53. The smallest absolute Gasteiger partial charge is 0.407 e. The number of carbonyl (C=O) groups is 24. The number of hydrogen-bond donors (Lipinski definition) is 12. The van der Waals surface area contributed by atoms with Crippen molar-refractivity contribution in [3.05, 3.63) is 189 Å². The molecule has 8 aliphatic heterocycles. The monoisotopic (exact) mass is 1780 g/mol. The topological polar surface area (TPSA) is 624 Å². The third-order valence-electron chi connectivity index (χ3n) is 20.9. The molecule has 4 atom stereocenters. The number of nitrogen functional groups attached to an aromatic ring is 1. The first kappa shape index (κ1) is 95.9. The van der Waals surface area contributed by atoms with Gasteiger partial charge >= 0.3 is 24.1 Å². The molecule has 0 radical (unpaired) electrons. The fraction of sp³-hybridized carbons (Fsp3) is 0.286. The largest absolute Gasteiger partial charge is 1.00 e. The van der Waals surface area contributed by atoms with Crippen molar-refractivity contribution >= 4 is 165 Å². The van der Waals surface area contributed by atoms with Gasteiger partial charge in [-0.1, -0.05) is 84.9 Å². The standard InChI is InChI=1S/C24H22N4O7.C22H20N4O6.C18H18N4O6.C16H16N4O5.C4H6O3.ClH/c1-14(29)26-17-9-5-8-16-19(17)21(32)28(20(16)31)24(11-10-18(30)27-22(24)33)13-25-23(34)35-12-15-6-3-2-4-7-15;23-15-8-4-7-14-17(15)19(29)26(18(14)28)22(10-9-16(27)25-20(22)30)12-24-21(31)32-11-13-5-2-1-3-6-13;1-9(23)19-8-18(7-6-13(25)21-17(18)28)22-15(26)11-4-3-5-12(20-10(2)24)14(11)16(22)27;1-8(21)18-10-4-2-3-9-12(10)14(24)20(13(9)23)16(7-17)6-5-11(22)19-15(16)25;1-3(5)7-4(2)6;/h2-9H,10-13H2,1H3,(H,25,34)(H,26,29)(H,27,30,33);1-8H,9-12,23H2,(H,24,31)(H,25,27,30);3-5H,6-8H2,1-2H3,(H,19,23)(H,20,24)(H,21,25,28);2-4H,5-7,17H2,1H3,(H,18,21)(H,19,22,25);1-2H3;1H. The Hall–Kier alpha value is -16.0. The van der Waals surface area contributed by atoms with Crippen LogP contribution < -0.4 is 77.0 Å². The Morgan fingerprint density at radius 2 is 0.625 bits per heavy atom. The van der Waals surface area contributed by atoms with Gasteiger partial charge in [0.05, 0.1) is 81.2 Å². The quantitative estimate of drug-likeness (QED) is 0.0141. The van der Waals surface area contributed by atoms with Gasteiger partial charge in [-0.25, -0.2) is 9.59 Å². The number of anilines is 4. The van der Waals surface area contributed by atoms with E-state index >= 15 is 0 Å². The SMILES string of the molecule is CC(=O)NCC1(N2C(=O)c3cccc(NC(C)=O)c3C2=O)CCC(=O)NC1=O.CC(=O)Nc1cccc2c1C(=O)N(C1(CNC(=O)OCc3ccccc3)CCC(=O)NC1=O)C2=O.CC(=O)Nc1cccc2c1C(=O)N(C1(C[NH3+])CCC(=O)NC1=O)C2=O.CC(=O)OC(C)=O.Nc1cccc2c1C(=O)N(C1(CNC(=O)OCc3ccccc3)CCC(=O)NC1=O)C2=O.[Cl-]. The summed E-state index contributed by atoms with van der Waals surface area (Å²) >= 11 is 0. The highest BCUT2D eigenvalue weighted by atomic mass is 35.5. The summed E-state index contributed by atoms with van der Waals surface area (Å²) in [4.78, 5) is 296. The summed E-state index contributed by atoms with van der Waals surface area (Å²) in [5, 5.41) is 23.5. The van der Waals surface area contributed by atoms with Crippen molar-refractivity contribution in [1.82, 2.24) is 56.8 Å². The van der Waals surface area contributed by atoms with Crippen LogP contribution in [0.3, 0.4) is 0 Å². The molecule has 22 amide bonds. The van der Waals surface area contributed by atoms with E-state index in [9.17, 15) is 115 Å². The Morgan fingerprint density at radius 3 is 0.891 bits per heavy atom. The van der Waals surface area contributed by atoms with E-state index in [2.05, 4.69) is 63.6 Å². The van der Waals surface area contributed by atoms with E-state index in [0.717, 1.165) is 30.7 Å². The molecule has 44 heteroatoms. The van der Waals surface area contributed by atoms with Crippen LogP contribution in [0.5, 0.6) is 0 Å². The number of hydrogen-bond acceptors (Lipinski definition) is 28. The summed E-state index contributed by atoms with van der Waals surface area (Å²) in [6.45, 7) is 6.07. The fourth-order valence-electron chi connectivity index (χ4n) is 15.0. The van der Waals surface area contributed by atoms with Crippen LogP contribution in [-0.2, 0) is 94.5 Å². The molecule has 0 aromatic heterocycles. The number of halogens is 1. The Labute approximate surface area is 731 Å². The van der Waals surface area contributed by atoms with Crippen molar-refractivity contribution in [3.63, 3.8) is 0 Å². The molecule has 8 heterocycles. The normalized spacial score (nSPS) is 19.8. The number of piperidine rings is 4. The zero-order valence-corrected chi connectivity index (χ0v) is 69.8. The van der Waals surface area contributed by atoms with Gasteiger partial charge in [-0.05, 0) is 85.3 Å². The van der Waals surface area contributed by atoms with Crippen molar-refractivity contribution in [2.45, 2.75) is 128 Å². The Morgan fingerprint density at radius 1 is 0.352 bits per heavy atom. The molecule has 14 rings (SSSR count). The van der Waals surface area contributed by atoms with Crippen LogP contribution in [0.25, 0.3) is 0 Å². The number of esters is 2. The number of imide groups is 8. The van der Waals surface area contributed by atoms with E-state index in [-0.39, 0.29) is 163 Å². The number of quaternary nitrogens is 1. The first-order valence-corrected chi connectivity index (χ1v) is 38.8. The highest BCUT2D eigenvalue weighted by molar-refractivity contribution is 6.30. The van der Waals surface area contributed by atoms with Crippen molar-refractivity contribution in [2.75, 3.05) is 47.9 Å². The first-order chi connectivity index (χ1) is 60.2. The molecule has 0 spiro atoms. The van der Waals surface area contributed by atoms with Gasteiger partial charge in [0.2, 0.25) is 47.3 Å². The zero-order valence-electron chi connectivity index (χ0n) is 69.1. The number of carbonyl (C=O) groups excluding carboxylic acids is 24. The average molecular weight is 1780 g/mol. The van der Waals surface area contributed by atoms with Crippen molar-refractivity contribution < 1.29 is 147 Å². The minimum absolute atomic E-state index is 0. The predicted octanol–water partition coefficient (Wildman–Crippen LogP) is -2.38. The fourth-order valence-corrected chi connectivity index (χ4v) is 15.0. The third-order valence-corrected chi connectivity index (χ3v) is 20.9. The van der Waals surface area contributed by atoms with Gasteiger partial charge in [-0.3, -0.25) is 146 Å². The van der Waals surface area contributed by atoms with Crippen LogP contribution in [0, 0.1) is 0 Å². The number of rotatable bonds is 18. The van der Waals surface area contributed by atoms with E-state index in [4.69, 9.17) is 15.2 Å². The van der Waals surface area contributed by atoms with Crippen LogP contribution in [-0.4, -0.2) is 210 Å². The van der Waals surface area contributed by atoms with E-state index < -0.39 is 172 Å². The van der Waals surface area contributed by atoms with Gasteiger partial charge in [-0.15, -0.1) is 0 Å². The van der Waals surface area contributed by atoms with Crippen LogP contribution in [0.4, 0.5) is 32.3 Å². The zero-order chi connectivity index (χ0) is 92.9. The molecule has 4 unspecified atom stereocenters. The number of alkyl carbamates (subject to hydrolysis) is 2. The molecule has 0 aliphatic carbocycles. The number of nitrogens with zero attached hydrogens (tertiary/aromatic N) is 4. The van der Waals surface area contributed by atoms with Gasteiger partial charge in [0.15, 0.2) is 5.54 Å². The number of nitrogens with one attached hydrogen (secondary N) is 10. The average Bonchev–Trinajstić information content (AvgIpc) is 1.59. The number of ether oxygens (including phenoxy) is 3. The molecule has 4 fully saturated rings. The molecule has 4 saturated heterocycles. The molecule has 0 saturated carbocycles. The second kappa shape index (κ2) is 40.1. The molecule has 6 aromatic rings. The Bertz CT molecular complexity index is 5720. The lowest BCUT2D eigenvalue weighted by atomic mass is 9.86. The number of nitrogens with two attached hydrogens (primary N) is 1. The van der Waals surface area contributed by atoms with Crippen molar-refractivity contribution in [3.8, 4) is 0 Å². The van der Waals surface area contributed by atoms with Gasteiger partial charge < -0.3 is 70.0 Å². The summed E-state index contributed by atoms with van der Waals surface area (Å²) < 4.78 is 14.3. The lowest BCUT2D eigenvalue weighted by Gasteiger charge is -2.41. The number of amides is 22. The van der Waals surface area contributed by atoms with Crippen LogP contribution in [0.2, 0.25) is 0 Å². The minimum atomic E-state index is -1.87. The van der Waals surface area contributed by atoms with Crippen molar-refractivity contribution in [2.24, 2.45) is 0 Å². The summed E-state index contributed by atoms with van der Waals surface area (Å²) in [6, 6.07) is 35.6. The van der Waals surface area contributed by atoms with Gasteiger partial charge in [-0.2, -0.15) is 0 Å². The van der Waals surface area contributed by atoms with Crippen LogP contribution >= 0.6 is 0 Å². The molecule has 6 aromatic carbocycles. The number of benzene rings is 6. The molecule has 43 nitrogen and oxygen atoms in total. The predicted molar refractivity (Wildman–Crippen MR) is 434 cm³/mol. The second-order valence-corrected chi connectivity index (χ2v) is 29.5. The maximum atomic E-state index is 13.4. The third kappa shape index (κ3) is 20.1. The second-order valence-electron chi connectivity index (χ2n) is 29.5. The molecule has 128 heavy (non-hydrogen) atoms. The lowest BCUT2D eigenvalue weighted by Crippen LogP contribution is -3.00. The molecular formula is C84H83ClN16O27. The summed E-state index contributed by atoms with van der Waals surface area (Å²) in [7, 11) is 0. The molecule has 668 valence electrons. The molecule has 8 aliphatic rings. The summed E-state index contributed by atoms with van der Waals surface area (Å²) in [5.74, 6) is -14.1.